The maximum absolute atomic E-state index is 11.9. The van der Waals surface area contributed by atoms with E-state index in [4.69, 9.17) is 16.3 Å². The fraction of sp³-hybridized carbons (Fsp3) is 0.235. The third kappa shape index (κ3) is 3.78. The van der Waals surface area contributed by atoms with Crippen LogP contribution in [0, 0.1) is 0 Å². The molecule has 2 aromatic carbocycles. The first-order chi connectivity index (χ1) is 10.7. The van der Waals surface area contributed by atoms with Crippen molar-refractivity contribution in [2.45, 2.75) is 12.5 Å². The zero-order valence-electron chi connectivity index (χ0n) is 12.0. The second-order valence-electron chi connectivity index (χ2n) is 5.29. The number of halogens is 1. The predicted octanol–water partition coefficient (Wildman–Crippen LogP) is 3.78. The highest BCUT2D eigenvalue weighted by Gasteiger charge is 2.19. The largest absolute Gasteiger partial charge is 0.380 e. The maximum Gasteiger partial charge on any atom is 0.319 e. The van der Waals surface area contributed by atoms with Crippen molar-refractivity contribution in [3.63, 3.8) is 0 Å². The van der Waals surface area contributed by atoms with E-state index in [1.165, 1.54) is 5.56 Å². The van der Waals surface area contributed by atoms with Crippen molar-refractivity contribution in [3.05, 3.63) is 64.7 Å². The number of nitrogens with one attached hydrogen (secondary N) is 2. The van der Waals surface area contributed by atoms with Gasteiger partial charge in [0.2, 0.25) is 0 Å². The molecule has 2 N–H and O–H groups in total. The second-order valence-corrected chi connectivity index (χ2v) is 5.73. The molecule has 0 spiro atoms. The summed E-state index contributed by atoms with van der Waals surface area (Å²) in [4.78, 5) is 11.9. The van der Waals surface area contributed by atoms with Crippen LogP contribution in [0.15, 0.2) is 48.5 Å². The number of carbonyl (C=O) groups is 1. The molecule has 2 aromatic rings. The van der Waals surface area contributed by atoms with Gasteiger partial charge in [-0.15, -0.1) is 0 Å². The third-order valence-electron chi connectivity index (χ3n) is 3.64. The molecule has 0 radical (unpaired) electrons. The molecular weight excluding hydrogens is 300 g/mol. The first-order valence-electron chi connectivity index (χ1n) is 7.18. The fourth-order valence-corrected chi connectivity index (χ4v) is 2.35. The Kier molecular flexibility index (Phi) is 4.61. The molecule has 0 aromatic heterocycles. The number of rotatable bonds is 4. The molecule has 5 heteroatoms. The minimum Gasteiger partial charge on any atom is -0.380 e. The molecule has 1 heterocycles. The zero-order valence-corrected chi connectivity index (χ0v) is 12.8. The number of amides is 2. The summed E-state index contributed by atoms with van der Waals surface area (Å²) in [6.45, 7) is 2.03. The smallest absolute Gasteiger partial charge is 0.319 e. The summed E-state index contributed by atoms with van der Waals surface area (Å²) in [6, 6.07) is 15.0. The van der Waals surface area contributed by atoms with Gasteiger partial charge in [-0.2, -0.15) is 0 Å². The van der Waals surface area contributed by atoms with E-state index in [0.29, 0.717) is 17.5 Å². The fourth-order valence-electron chi connectivity index (χ4n) is 2.23. The van der Waals surface area contributed by atoms with Crippen LogP contribution >= 0.6 is 11.6 Å². The van der Waals surface area contributed by atoms with Gasteiger partial charge >= 0.3 is 6.03 Å². The molecule has 0 aliphatic carbocycles. The van der Waals surface area contributed by atoms with Gasteiger partial charge in [0, 0.05) is 23.2 Å². The lowest BCUT2D eigenvalue weighted by atomic mass is 9.97. The first kappa shape index (κ1) is 14.9. The van der Waals surface area contributed by atoms with Crippen LogP contribution in [-0.2, 0) is 11.3 Å². The lowest BCUT2D eigenvalue weighted by Gasteiger charge is -2.26. The number of urea groups is 1. The van der Waals surface area contributed by atoms with E-state index in [9.17, 15) is 4.79 Å². The van der Waals surface area contributed by atoms with E-state index in [-0.39, 0.29) is 6.03 Å². The zero-order chi connectivity index (χ0) is 15.4. The van der Waals surface area contributed by atoms with Crippen molar-refractivity contribution in [2.24, 2.45) is 0 Å². The van der Waals surface area contributed by atoms with E-state index < -0.39 is 0 Å². The number of anilines is 1. The van der Waals surface area contributed by atoms with E-state index in [0.717, 1.165) is 24.5 Å². The van der Waals surface area contributed by atoms with Gasteiger partial charge in [-0.3, -0.25) is 0 Å². The van der Waals surface area contributed by atoms with Crippen molar-refractivity contribution < 1.29 is 9.53 Å². The average molecular weight is 317 g/mol. The highest BCUT2D eigenvalue weighted by molar-refractivity contribution is 6.30. The van der Waals surface area contributed by atoms with E-state index >= 15 is 0 Å². The molecule has 1 aliphatic rings. The van der Waals surface area contributed by atoms with Crippen LogP contribution in [0.3, 0.4) is 0 Å². The molecule has 0 bridgehead atoms. The van der Waals surface area contributed by atoms with Gasteiger partial charge in [0.05, 0.1) is 13.2 Å². The third-order valence-corrected chi connectivity index (χ3v) is 3.90. The monoisotopic (exact) mass is 316 g/mol. The summed E-state index contributed by atoms with van der Waals surface area (Å²) in [6.07, 6.45) is 0. The Morgan fingerprint density at radius 3 is 2.36 bits per heavy atom. The standard InChI is InChI=1S/C17H17ClN2O2/c18-15-5-1-12(2-6-15)9-19-17(21)20-16-7-3-13(4-8-16)14-10-22-11-14/h1-8,14H,9-11H2,(H2,19,20,21). The quantitative estimate of drug-likeness (QED) is 0.902. The van der Waals surface area contributed by atoms with Crippen molar-refractivity contribution in [1.29, 1.82) is 0 Å². The van der Waals surface area contributed by atoms with E-state index in [1.54, 1.807) is 12.1 Å². The van der Waals surface area contributed by atoms with Gasteiger partial charge in [-0.25, -0.2) is 4.79 Å². The molecule has 22 heavy (non-hydrogen) atoms. The SMILES string of the molecule is O=C(NCc1ccc(Cl)cc1)Nc1ccc(C2COC2)cc1. The highest BCUT2D eigenvalue weighted by atomic mass is 35.5. The van der Waals surface area contributed by atoms with E-state index in [1.807, 2.05) is 36.4 Å². The van der Waals surface area contributed by atoms with Crippen molar-refractivity contribution >= 4 is 23.3 Å². The van der Waals surface area contributed by atoms with E-state index in [2.05, 4.69) is 10.6 Å². The van der Waals surface area contributed by atoms with Gasteiger partial charge < -0.3 is 15.4 Å². The van der Waals surface area contributed by atoms with Crippen LogP contribution in [-0.4, -0.2) is 19.2 Å². The summed E-state index contributed by atoms with van der Waals surface area (Å²) in [7, 11) is 0. The second kappa shape index (κ2) is 6.81. The average Bonchev–Trinajstić information content (AvgIpc) is 2.47. The lowest BCUT2D eigenvalue weighted by molar-refractivity contribution is 0.00843. The normalized spacial score (nSPS) is 14.2. The molecule has 2 amide bonds. The molecule has 3 rings (SSSR count). The number of benzene rings is 2. The van der Waals surface area contributed by atoms with Crippen LogP contribution in [0.1, 0.15) is 17.0 Å². The summed E-state index contributed by atoms with van der Waals surface area (Å²) >= 11 is 5.82. The molecule has 0 atom stereocenters. The Balaban J connectivity index is 1.49. The molecule has 1 fully saturated rings. The lowest BCUT2D eigenvalue weighted by Crippen LogP contribution is -2.28. The van der Waals surface area contributed by atoms with Crippen molar-refractivity contribution in [3.8, 4) is 0 Å². The van der Waals surface area contributed by atoms with Gasteiger partial charge in [-0.1, -0.05) is 35.9 Å². The Morgan fingerprint density at radius 2 is 1.77 bits per heavy atom. The molecular formula is C17H17ClN2O2. The predicted molar refractivity (Wildman–Crippen MR) is 87.3 cm³/mol. The van der Waals surface area contributed by atoms with Gasteiger partial charge in [-0.05, 0) is 35.4 Å². The Labute approximate surface area is 134 Å². The topological polar surface area (TPSA) is 50.4 Å². The summed E-state index contributed by atoms with van der Waals surface area (Å²) < 4.78 is 5.18. The van der Waals surface area contributed by atoms with Crippen LogP contribution in [0.4, 0.5) is 10.5 Å². The summed E-state index contributed by atoms with van der Waals surface area (Å²) in [5.41, 5.74) is 3.02. The highest BCUT2D eigenvalue weighted by Crippen LogP contribution is 2.24. The number of hydrogen-bond donors (Lipinski definition) is 2. The Bertz CT molecular complexity index is 637. The summed E-state index contributed by atoms with van der Waals surface area (Å²) in [5.74, 6) is 0.493. The maximum atomic E-state index is 11.9. The van der Waals surface area contributed by atoms with Gasteiger partial charge in [0.1, 0.15) is 0 Å². The minimum atomic E-state index is -0.227. The number of hydrogen-bond acceptors (Lipinski definition) is 2. The molecule has 1 aliphatic heterocycles. The Morgan fingerprint density at radius 1 is 1.09 bits per heavy atom. The molecule has 114 valence electrons. The molecule has 0 unspecified atom stereocenters. The summed E-state index contributed by atoms with van der Waals surface area (Å²) in [5, 5.41) is 6.32. The molecule has 0 saturated carbocycles. The minimum absolute atomic E-state index is 0.227. The number of ether oxygens (including phenoxy) is 1. The Hall–Kier alpha value is -2.04. The number of carbonyl (C=O) groups excluding carboxylic acids is 1. The van der Waals surface area contributed by atoms with Gasteiger partial charge in [0.15, 0.2) is 0 Å². The van der Waals surface area contributed by atoms with Crippen molar-refractivity contribution in [1.82, 2.24) is 5.32 Å². The first-order valence-corrected chi connectivity index (χ1v) is 7.55. The van der Waals surface area contributed by atoms with Crippen molar-refractivity contribution in [2.75, 3.05) is 18.5 Å². The van der Waals surface area contributed by atoms with Crippen LogP contribution in [0.25, 0.3) is 0 Å². The van der Waals surface area contributed by atoms with Crippen LogP contribution < -0.4 is 10.6 Å². The van der Waals surface area contributed by atoms with Crippen LogP contribution in [0.5, 0.6) is 0 Å². The van der Waals surface area contributed by atoms with Crippen LogP contribution in [0.2, 0.25) is 5.02 Å². The molecule has 1 saturated heterocycles. The molecule has 4 nitrogen and oxygen atoms in total. The van der Waals surface area contributed by atoms with Gasteiger partial charge in [0.25, 0.3) is 0 Å².